The van der Waals surface area contributed by atoms with Gasteiger partial charge in [0.25, 0.3) is 0 Å². The van der Waals surface area contributed by atoms with E-state index in [1.165, 1.54) is 0 Å². The normalized spacial score (nSPS) is 10.8. The van der Waals surface area contributed by atoms with E-state index in [4.69, 9.17) is 4.74 Å². The van der Waals surface area contributed by atoms with Gasteiger partial charge in [0.15, 0.2) is 0 Å². The average Bonchev–Trinajstić information content (AvgIpc) is 2.96. The molecule has 0 saturated carbocycles. The van der Waals surface area contributed by atoms with Crippen molar-refractivity contribution in [1.82, 2.24) is 15.3 Å². The van der Waals surface area contributed by atoms with E-state index in [1.54, 1.807) is 17.5 Å². The van der Waals surface area contributed by atoms with E-state index in [2.05, 4.69) is 27.6 Å². The Hall–Kier alpha value is -1.30. The summed E-state index contributed by atoms with van der Waals surface area (Å²) in [5.41, 5.74) is 2.02. The quantitative estimate of drug-likeness (QED) is 0.721. The summed E-state index contributed by atoms with van der Waals surface area (Å²) < 4.78 is 5.44. The van der Waals surface area contributed by atoms with Crippen LogP contribution < -0.4 is 5.32 Å². The second-order valence-corrected chi connectivity index (χ2v) is 5.36. The summed E-state index contributed by atoms with van der Waals surface area (Å²) in [5.74, 6) is 0. The van der Waals surface area contributed by atoms with Crippen molar-refractivity contribution in [3.8, 4) is 10.7 Å². The summed E-state index contributed by atoms with van der Waals surface area (Å²) in [6.45, 7) is 5.58. The van der Waals surface area contributed by atoms with Gasteiger partial charge in [-0.1, -0.05) is 13.0 Å². The summed E-state index contributed by atoms with van der Waals surface area (Å²) in [6.07, 6.45) is 3.92. The Kier molecular flexibility index (Phi) is 6.63. The molecular formula is C15H21N3OS. The maximum atomic E-state index is 5.44. The first kappa shape index (κ1) is 15.1. The highest BCUT2D eigenvalue weighted by Gasteiger charge is 2.04. The first-order chi connectivity index (χ1) is 9.90. The Morgan fingerprint density at radius 3 is 3.05 bits per heavy atom. The van der Waals surface area contributed by atoms with Crippen LogP contribution in [0.1, 0.15) is 25.5 Å². The molecular weight excluding hydrogens is 270 g/mol. The van der Waals surface area contributed by atoms with Gasteiger partial charge in [-0.2, -0.15) is 0 Å². The largest absolute Gasteiger partial charge is 0.381 e. The molecule has 2 rings (SSSR count). The van der Waals surface area contributed by atoms with Crippen molar-refractivity contribution in [3.63, 3.8) is 0 Å². The lowest BCUT2D eigenvalue weighted by Gasteiger charge is -2.03. The molecule has 0 aliphatic rings. The molecule has 20 heavy (non-hydrogen) atoms. The van der Waals surface area contributed by atoms with Crippen LogP contribution in [0.15, 0.2) is 29.8 Å². The molecule has 2 heterocycles. The number of nitrogens with one attached hydrogen (secondary N) is 1. The molecule has 0 atom stereocenters. The Bertz CT molecular complexity index is 487. The number of pyridine rings is 1. The van der Waals surface area contributed by atoms with E-state index >= 15 is 0 Å². The summed E-state index contributed by atoms with van der Waals surface area (Å²) in [7, 11) is 0. The molecule has 2 aromatic heterocycles. The predicted molar refractivity (Wildman–Crippen MR) is 82.8 cm³/mol. The summed E-state index contributed by atoms with van der Waals surface area (Å²) in [6, 6.07) is 5.89. The maximum Gasteiger partial charge on any atom is 0.142 e. The fourth-order valence-electron chi connectivity index (χ4n) is 1.76. The van der Waals surface area contributed by atoms with E-state index in [1.807, 2.05) is 18.2 Å². The zero-order valence-corrected chi connectivity index (χ0v) is 12.7. The van der Waals surface area contributed by atoms with Gasteiger partial charge in [0.2, 0.25) is 0 Å². The zero-order valence-electron chi connectivity index (χ0n) is 11.8. The van der Waals surface area contributed by atoms with Gasteiger partial charge in [-0.05, 0) is 31.5 Å². The smallest absolute Gasteiger partial charge is 0.142 e. The molecule has 0 amide bonds. The Morgan fingerprint density at radius 1 is 1.30 bits per heavy atom. The highest BCUT2D eigenvalue weighted by molar-refractivity contribution is 7.13. The molecule has 0 saturated heterocycles. The molecule has 4 nitrogen and oxygen atoms in total. The summed E-state index contributed by atoms with van der Waals surface area (Å²) in [5, 5.41) is 6.46. The summed E-state index contributed by atoms with van der Waals surface area (Å²) in [4.78, 5) is 8.90. The minimum absolute atomic E-state index is 0.803. The maximum absolute atomic E-state index is 5.44. The van der Waals surface area contributed by atoms with Crippen molar-refractivity contribution in [2.24, 2.45) is 0 Å². The Labute approximate surface area is 124 Å². The molecule has 0 fully saturated rings. The van der Waals surface area contributed by atoms with Gasteiger partial charge >= 0.3 is 0 Å². The van der Waals surface area contributed by atoms with Crippen LogP contribution in [0, 0.1) is 0 Å². The van der Waals surface area contributed by atoms with Crippen LogP contribution in [0.4, 0.5) is 0 Å². The van der Waals surface area contributed by atoms with E-state index in [0.717, 1.165) is 55.5 Å². The van der Waals surface area contributed by atoms with E-state index in [9.17, 15) is 0 Å². The van der Waals surface area contributed by atoms with E-state index in [0.29, 0.717) is 0 Å². The third-order valence-corrected chi connectivity index (χ3v) is 3.65. The van der Waals surface area contributed by atoms with Gasteiger partial charge in [0.05, 0.1) is 11.4 Å². The minimum Gasteiger partial charge on any atom is -0.381 e. The number of hydrogen-bond donors (Lipinski definition) is 1. The SMILES string of the molecule is CCCOCCCNCc1csc(-c2ccccn2)n1. The molecule has 0 aromatic carbocycles. The van der Waals surface area contributed by atoms with Crippen LogP contribution in [-0.4, -0.2) is 29.7 Å². The molecule has 108 valence electrons. The standard InChI is InChI=1S/C15H21N3OS/c1-2-9-19-10-5-7-16-11-13-12-20-15(18-13)14-6-3-4-8-17-14/h3-4,6,8,12,16H,2,5,7,9-11H2,1H3. The number of thiazole rings is 1. The van der Waals surface area contributed by atoms with Crippen LogP contribution in [0.2, 0.25) is 0 Å². The van der Waals surface area contributed by atoms with Gasteiger partial charge in [-0.25, -0.2) is 4.98 Å². The van der Waals surface area contributed by atoms with Gasteiger partial charge in [0, 0.05) is 31.3 Å². The predicted octanol–water partition coefficient (Wildman–Crippen LogP) is 3.11. The third kappa shape index (κ3) is 5.00. The fraction of sp³-hybridized carbons (Fsp3) is 0.467. The van der Waals surface area contributed by atoms with Crippen molar-refractivity contribution in [1.29, 1.82) is 0 Å². The van der Waals surface area contributed by atoms with Crippen molar-refractivity contribution >= 4 is 11.3 Å². The molecule has 0 radical (unpaired) electrons. The Morgan fingerprint density at radius 2 is 2.25 bits per heavy atom. The molecule has 2 aromatic rings. The highest BCUT2D eigenvalue weighted by atomic mass is 32.1. The first-order valence-electron chi connectivity index (χ1n) is 7.04. The number of aromatic nitrogens is 2. The van der Waals surface area contributed by atoms with Crippen molar-refractivity contribution in [2.45, 2.75) is 26.3 Å². The minimum atomic E-state index is 0.803. The van der Waals surface area contributed by atoms with Gasteiger partial charge in [0.1, 0.15) is 5.01 Å². The van der Waals surface area contributed by atoms with Crippen molar-refractivity contribution in [3.05, 3.63) is 35.5 Å². The van der Waals surface area contributed by atoms with Crippen LogP contribution in [0.5, 0.6) is 0 Å². The van der Waals surface area contributed by atoms with Gasteiger partial charge < -0.3 is 10.1 Å². The monoisotopic (exact) mass is 291 g/mol. The molecule has 0 bridgehead atoms. The van der Waals surface area contributed by atoms with Crippen LogP contribution >= 0.6 is 11.3 Å². The van der Waals surface area contributed by atoms with Crippen LogP contribution in [0.3, 0.4) is 0 Å². The average molecular weight is 291 g/mol. The van der Waals surface area contributed by atoms with Gasteiger partial charge in [-0.15, -0.1) is 11.3 Å². The van der Waals surface area contributed by atoms with Crippen molar-refractivity contribution < 1.29 is 4.74 Å². The fourth-order valence-corrected chi connectivity index (χ4v) is 2.55. The van der Waals surface area contributed by atoms with E-state index < -0.39 is 0 Å². The molecule has 0 unspecified atom stereocenters. The Balaban J connectivity index is 1.69. The van der Waals surface area contributed by atoms with Crippen molar-refractivity contribution in [2.75, 3.05) is 19.8 Å². The lowest BCUT2D eigenvalue weighted by molar-refractivity contribution is 0.132. The third-order valence-electron chi connectivity index (χ3n) is 2.73. The van der Waals surface area contributed by atoms with Crippen LogP contribution in [-0.2, 0) is 11.3 Å². The lowest BCUT2D eigenvalue weighted by atomic mass is 10.3. The number of hydrogen-bond acceptors (Lipinski definition) is 5. The zero-order chi connectivity index (χ0) is 14.0. The second-order valence-electron chi connectivity index (χ2n) is 4.50. The van der Waals surface area contributed by atoms with Crippen LogP contribution in [0.25, 0.3) is 10.7 Å². The number of ether oxygens (including phenoxy) is 1. The first-order valence-corrected chi connectivity index (χ1v) is 7.92. The topological polar surface area (TPSA) is 47.0 Å². The molecule has 0 aliphatic carbocycles. The second kappa shape index (κ2) is 8.79. The van der Waals surface area contributed by atoms with Gasteiger partial charge in [-0.3, -0.25) is 4.98 Å². The lowest BCUT2D eigenvalue weighted by Crippen LogP contribution is -2.16. The van der Waals surface area contributed by atoms with E-state index in [-0.39, 0.29) is 0 Å². The number of rotatable bonds is 9. The molecule has 5 heteroatoms. The summed E-state index contributed by atoms with van der Waals surface area (Å²) >= 11 is 1.64. The molecule has 1 N–H and O–H groups in total. The molecule has 0 spiro atoms. The number of nitrogens with zero attached hydrogens (tertiary/aromatic N) is 2. The highest BCUT2D eigenvalue weighted by Crippen LogP contribution is 2.20. The molecule has 0 aliphatic heterocycles.